The Morgan fingerprint density at radius 3 is 2.21 bits per heavy atom. The van der Waals surface area contributed by atoms with Crippen molar-refractivity contribution in [2.24, 2.45) is 0 Å². The van der Waals surface area contributed by atoms with E-state index in [4.69, 9.17) is 5.11 Å². The van der Waals surface area contributed by atoms with E-state index >= 15 is 0 Å². The number of benzene rings is 1. The van der Waals surface area contributed by atoms with E-state index in [0.717, 1.165) is 17.0 Å². The highest BCUT2D eigenvalue weighted by Gasteiger charge is 2.23. The van der Waals surface area contributed by atoms with Gasteiger partial charge in [-0.2, -0.15) is 0 Å². The number of halogens is 2. The fourth-order valence-corrected chi connectivity index (χ4v) is 1.64. The third-order valence-corrected chi connectivity index (χ3v) is 2.80. The van der Waals surface area contributed by atoms with Gasteiger partial charge in [0.25, 0.3) is 5.91 Å². The van der Waals surface area contributed by atoms with E-state index < -0.39 is 30.1 Å². The van der Waals surface area contributed by atoms with Gasteiger partial charge in [-0.3, -0.25) is 9.59 Å². The topological polar surface area (TPSA) is 57.6 Å². The minimum atomic E-state index is -1.18. The van der Waals surface area contributed by atoms with Crippen molar-refractivity contribution in [3.05, 3.63) is 35.4 Å². The third-order valence-electron chi connectivity index (χ3n) is 2.80. The molecule has 1 aromatic rings. The van der Waals surface area contributed by atoms with Crippen molar-refractivity contribution in [2.75, 3.05) is 6.54 Å². The molecule has 1 aromatic carbocycles. The molecule has 0 aliphatic rings. The predicted molar refractivity (Wildman–Crippen MR) is 64.8 cm³/mol. The molecule has 0 bridgehead atoms. The molecule has 0 saturated carbocycles. The van der Waals surface area contributed by atoms with Gasteiger partial charge in [-0.1, -0.05) is 6.92 Å². The second-order valence-electron chi connectivity index (χ2n) is 4.24. The molecule has 104 valence electrons. The van der Waals surface area contributed by atoms with Gasteiger partial charge >= 0.3 is 5.97 Å². The molecule has 1 unspecified atom stereocenters. The second kappa shape index (κ2) is 6.26. The fraction of sp³-hybridized carbons (Fsp3) is 0.385. The first-order valence-electron chi connectivity index (χ1n) is 5.84. The van der Waals surface area contributed by atoms with E-state index in [2.05, 4.69) is 0 Å². The van der Waals surface area contributed by atoms with Crippen molar-refractivity contribution in [1.82, 2.24) is 4.90 Å². The predicted octanol–water partition coefficient (Wildman–Crippen LogP) is 2.29. The molecule has 0 aliphatic heterocycles. The van der Waals surface area contributed by atoms with Gasteiger partial charge in [-0.15, -0.1) is 0 Å². The van der Waals surface area contributed by atoms with E-state index in [0.29, 0.717) is 12.5 Å². The molecular weight excluding hydrogens is 256 g/mol. The van der Waals surface area contributed by atoms with Gasteiger partial charge < -0.3 is 10.0 Å². The maximum Gasteiger partial charge on any atom is 0.323 e. The van der Waals surface area contributed by atoms with Crippen molar-refractivity contribution >= 4 is 11.9 Å². The van der Waals surface area contributed by atoms with Crippen molar-refractivity contribution in [3.63, 3.8) is 0 Å². The van der Waals surface area contributed by atoms with Crippen molar-refractivity contribution in [3.8, 4) is 0 Å². The summed E-state index contributed by atoms with van der Waals surface area (Å²) in [5.41, 5.74) is -0.195. The number of carboxylic acid groups (broad SMARTS) is 1. The Morgan fingerprint density at radius 2 is 1.79 bits per heavy atom. The van der Waals surface area contributed by atoms with Crippen LogP contribution in [-0.4, -0.2) is 34.5 Å². The zero-order chi connectivity index (χ0) is 14.6. The average molecular weight is 271 g/mol. The first-order valence-corrected chi connectivity index (χ1v) is 5.84. The smallest absolute Gasteiger partial charge is 0.323 e. The molecule has 0 heterocycles. The Kier molecular flexibility index (Phi) is 4.97. The van der Waals surface area contributed by atoms with Gasteiger partial charge in [0, 0.05) is 17.7 Å². The van der Waals surface area contributed by atoms with E-state index in [-0.39, 0.29) is 11.6 Å². The SMILES string of the molecule is CCC(C)N(CC(=O)O)C(=O)c1cc(F)cc(F)c1. The lowest BCUT2D eigenvalue weighted by Crippen LogP contribution is -2.41. The number of carbonyl (C=O) groups is 2. The quantitative estimate of drug-likeness (QED) is 0.893. The third kappa shape index (κ3) is 4.01. The van der Waals surface area contributed by atoms with Crippen LogP contribution in [0.5, 0.6) is 0 Å². The maximum absolute atomic E-state index is 13.1. The molecule has 4 nitrogen and oxygen atoms in total. The molecule has 19 heavy (non-hydrogen) atoms. The molecule has 0 aromatic heterocycles. The molecule has 1 rings (SSSR count). The summed E-state index contributed by atoms with van der Waals surface area (Å²) in [5.74, 6) is -3.62. The summed E-state index contributed by atoms with van der Waals surface area (Å²) in [6.07, 6.45) is 0.539. The Bertz CT molecular complexity index is 471. The highest BCUT2D eigenvalue weighted by atomic mass is 19.1. The number of nitrogens with zero attached hydrogens (tertiary/aromatic N) is 1. The molecular formula is C13H15F2NO3. The van der Waals surface area contributed by atoms with Crippen LogP contribution in [0, 0.1) is 11.6 Å². The maximum atomic E-state index is 13.1. The summed E-state index contributed by atoms with van der Waals surface area (Å²) in [7, 11) is 0. The van der Waals surface area contributed by atoms with Crippen LogP contribution < -0.4 is 0 Å². The highest BCUT2D eigenvalue weighted by Crippen LogP contribution is 2.14. The van der Waals surface area contributed by atoms with Crippen LogP contribution in [0.2, 0.25) is 0 Å². The Morgan fingerprint density at radius 1 is 1.26 bits per heavy atom. The molecule has 0 fully saturated rings. The zero-order valence-electron chi connectivity index (χ0n) is 10.7. The standard InChI is InChI=1S/C13H15F2NO3/c1-3-8(2)16(7-12(17)18)13(19)9-4-10(14)6-11(15)5-9/h4-6,8H,3,7H2,1-2H3,(H,17,18). The Hall–Kier alpha value is -1.98. The van der Waals surface area contributed by atoms with E-state index in [1.165, 1.54) is 0 Å². The summed E-state index contributed by atoms with van der Waals surface area (Å²) in [6, 6.07) is 2.10. The van der Waals surface area contributed by atoms with Crippen LogP contribution >= 0.6 is 0 Å². The summed E-state index contributed by atoms with van der Waals surface area (Å²) in [4.78, 5) is 24.0. The number of amides is 1. The van der Waals surface area contributed by atoms with Crippen LogP contribution in [0.15, 0.2) is 18.2 Å². The van der Waals surface area contributed by atoms with Gasteiger partial charge in [-0.25, -0.2) is 8.78 Å². The van der Waals surface area contributed by atoms with Crippen LogP contribution in [0.25, 0.3) is 0 Å². The van der Waals surface area contributed by atoms with Crippen LogP contribution in [0.4, 0.5) is 8.78 Å². The summed E-state index contributed by atoms with van der Waals surface area (Å²) >= 11 is 0. The van der Waals surface area contributed by atoms with Gasteiger partial charge in [-0.05, 0) is 25.5 Å². The zero-order valence-corrected chi connectivity index (χ0v) is 10.7. The van der Waals surface area contributed by atoms with Crippen LogP contribution in [-0.2, 0) is 4.79 Å². The van der Waals surface area contributed by atoms with Gasteiger partial charge in [0.2, 0.25) is 0 Å². The van der Waals surface area contributed by atoms with E-state index in [1.54, 1.807) is 13.8 Å². The normalized spacial score (nSPS) is 12.0. The largest absolute Gasteiger partial charge is 0.480 e. The second-order valence-corrected chi connectivity index (χ2v) is 4.24. The average Bonchev–Trinajstić information content (AvgIpc) is 2.32. The first-order chi connectivity index (χ1) is 8.85. The monoisotopic (exact) mass is 271 g/mol. The number of rotatable bonds is 5. The molecule has 6 heteroatoms. The molecule has 0 saturated heterocycles. The molecule has 0 aliphatic carbocycles. The summed E-state index contributed by atoms with van der Waals surface area (Å²) in [5, 5.41) is 8.79. The lowest BCUT2D eigenvalue weighted by molar-refractivity contribution is -0.138. The summed E-state index contributed by atoms with van der Waals surface area (Å²) < 4.78 is 26.1. The van der Waals surface area contributed by atoms with Crippen LogP contribution in [0.3, 0.4) is 0 Å². The Labute approximate surface area is 109 Å². The van der Waals surface area contributed by atoms with Crippen LogP contribution in [0.1, 0.15) is 30.6 Å². The molecule has 0 radical (unpaired) electrons. The van der Waals surface area contributed by atoms with Crippen molar-refractivity contribution in [2.45, 2.75) is 26.3 Å². The molecule has 1 atom stereocenters. The minimum absolute atomic E-state index is 0.195. The highest BCUT2D eigenvalue weighted by molar-refractivity contribution is 5.96. The number of hydrogen-bond acceptors (Lipinski definition) is 2. The van der Waals surface area contributed by atoms with E-state index in [1.807, 2.05) is 0 Å². The summed E-state index contributed by atoms with van der Waals surface area (Å²) in [6.45, 7) is 2.96. The lowest BCUT2D eigenvalue weighted by Gasteiger charge is -2.27. The van der Waals surface area contributed by atoms with Gasteiger partial charge in [0.1, 0.15) is 18.2 Å². The van der Waals surface area contributed by atoms with Gasteiger partial charge in [0.05, 0.1) is 0 Å². The fourth-order valence-electron chi connectivity index (χ4n) is 1.64. The van der Waals surface area contributed by atoms with Crippen molar-refractivity contribution in [1.29, 1.82) is 0 Å². The number of aliphatic carboxylic acids is 1. The number of carboxylic acids is 1. The number of hydrogen-bond donors (Lipinski definition) is 1. The minimum Gasteiger partial charge on any atom is -0.480 e. The van der Waals surface area contributed by atoms with Gasteiger partial charge in [0.15, 0.2) is 0 Å². The lowest BCUT2D eigenvalue weighted by atomic mass is 10.1. The Balaban J connectivity index is 3.07. The molecule has 1 N–H and O–H groups in total. The van der Waals surface area contributed by atoms with E-state index in [9.17, 15) is 18.4 Å². The first kappa shape index (κ1) is 15.1. The molecule has 0 spiro atoms. The molecule has 1 amide bonds. The van der Waals surface area contributed by atoms with Crippen molar-refractivity contribution < 1.29 is 23.5 Å². The number of carbonyl (C=O) groups excluding carboxylic acids is 1.